The zero-order valence-electron chi connectivity index (χ0n) is 11.0. The van der Waals surface area contributed by atoms with E-state index in [9.17, 15) is 5.11 Å². The first-order valence-electron chi connectivity index (χ1n) is 6.33. The van der Waals surface area contributed by atoms with Crippen LogP contribution in [0.4, 0.5) is 0 Å². The lowest BCUT2D eigenvalue weighted by molar-refractivity contribution is 0.179. The van der Waals surface area contributed by atoms with Gasteiger partial charge in [0.15, 0.2) is 11.5 Å². The third-order valence-corrected chi connectivity index (χ3v) is 3.68. The summed E-state index contributed by atoms with van der Waals surface area (Å²) in [6.45, 7) is 2.08. The summed E-state index contributed by atoms with van der Waals surface area (Å²) in [4.78, 5) is 0. The first kappa shape index (κ1) is 13.2. The van der Waals surface area contributed by atoms with Crippen molar-refractivity contribution in [2.24, 2.45) is 5.92 Å². The number of ether oxygens (including phenoxy) is 2. The topological polar surface area (TPSA) is 50.7 Å². The quantitative estimate of drug-likeness (QED) is 0.849. The van der Waals surface area contributed by atoms with E-state index < -0.39 is 0 Å². The molecule has 100 valence electrons. The van der Waals surface area contributed by atoms with Gasteiger partial charge >= 0.3 is 0 Å². The molecule has 1 aromatic rings. The molecule has 1 fully saturated rings. The molecule has 4 heteroatoms. The van der Waals surface area contributed by atoms with E-state index in [1.54, 1.807) is 14.2 Å². The van der Waals surface area contributed by atoms with Gasteiger partial charge in [-0.05, 0) is 36.6 Å². The lowest BCUT2D eigenvalue weighted by Gasteiger charge is -2.31. The van der Waals surface area contributed by atoms with Crippen molar-refractivity contribution in [1.29, 1.82) is 0 Å². The van der Waals surface area contributed by atoms with Crippen LogP contribution in [0.25, 0.3) is 0 Å². The normalized spacial score (nSPS) is 23.7. The average molecular weight is 251 g/mol. The standard InChI is InChI=1S/C14H21NO3/c1-17-13-4-3-10(7-14(13)18-2)12-5-6-15-8-11(12)9-16/h3-4,7,11-12,15-16H,5-6,8-9H2,1-2H3. The SMILES string of the molecule is COc1ccc(C2CCNCC2CO)cc1OC. The number of rotatable bonds is 4. The van der Waals surface area contributed by atoms with E-state index in [-0.39, 0.29) is 12.5 Å². The van der Waals surface area contributed by atoms with Crippen LogP contribution in [0.15, 0.2) is 18.2 Å². The fourth-order valence-electron chi connectivity index (χ4n) is 2.64. The summed E-state index contributed by atoms with van der Waals surface area (Å²) in [7, 11) is 3.28. The molecule has 2 N–H and O–H groups in total. The molecule has 2 atom stereocenters. The Kier molecular flexibility index (Phi) is 4.44. The van der Waals surface area contributed by atoms with Gasteiger partial charge < -0.3 is 19.9 Å². The second kappa shape index (κ2) is 6.07. The molecule has 1 heterocycles. The molecule has 2 unspecified atom stereocenters. The van der Waals surface area contributed by atoms with Crippen LogP contribution < -0.4 is 14.8 Å². The largest absolute Gasteiger partial charge is 0.493 e. The zero-order valence-corrected chi connectivity index (χ0v) is 11.0. The lowest BCUT2D eigenvalue weighted by atomic mass is 9.81. The minimum Gasteiger partial charge on any atom is -0.493 e. The van der Waals surface area contributed by atoms with Crippen molar-refractivity contribution in [1.82, 2.24) is 5.32 Å². The number of aliphatic hydroxyl groups is 1. The molecule has 1 aromatic carbocycles. The molecule has 0 saturated carbocycles. The van der Waals surface area contributed by atoms with Gasteiger partial charge in [0, 0.05) is 19.1 Å². The maximum atomic E-state index is 9.45. The van der Waals surface area contributed by atoms with Gasteiger partial charge in [-0.25, -0.2) is 0 Å². The molecule has 4 nitrogen and oxygen atoms in total. The number of nitrogens with one attached hydrogen (secondary N) is 1. The second-order valence-corrected chi connectivity index (χ2v) is 4.66. The molecule has 2 rings (SSSR count). The highest BCUT2D eigenvalue weighted by Gasteiger charge is 2.26. The summed E-state index contributed by atoms with van der Waals surface area (Å²) in [6, 6.07) is 6.03. The third kappa shape index (κ3) is 2.60. The summed E-state index contributed by atoms with van der Waals surface area (Å²) < 4.78 is 10.6. The van der Waals surface area contributed by atoms with Crippen LogP contribution in [0.1, 0.15) is 17.9 Å². The molecule has 18 heavy (non-hydrogen) atoms. The van der Waals surface area contributed by atoms with Crippen molar-refractivity contribution in [2.45, 2.75) is 12.3 Å². The molecule has 0 aliphatic carbocycles. The molecule has 1 aliphatic rings. The Hall–Kier alpha value is -1.26. The number of piperidine rings is 1. The van der Waals surface area contributed by atoms with Crippen molar-refractivity contribution in [3.05, 3.63) is 23.8 Å². The van der Waals surface area contributed by atoms with Crippen LogP contribution in [0.5, 0.6) is 11.5 Å². The number of benzene rings is 1. The van der Waals surface area contributed by atoms with Gasteiger partial charge in [0.1, 0.15) is 0 Å². The highest BCUT2D eigenvalue weighted by atomic mass is 16.5. The number of hydrogen-bond acceptors (Lipinski definition) is 4. The smallest absolute Gasteiger partial charge is 0.160 e. The van der Waals surface area contributed by atoms with E-state index in [1.165, 1.54) is 5.56 Å². The summed E-state index contributed by atoms with van der Waals surface area (Å²) in [5.74, 6) is 2.16. The Morgan fingerprint density at radius 3 is 2.72 bits per heavy atom. The van der Waals surface area contributed by atoms with Gasteiger partial charge in [-0.1, -0.05) is 6.07 Å². The van der Waals surface area contributed by atoms with Crippen LogP contribution >= 0.6 is 0 Å². The van der Waals surface area contributed by atoms with Crippen LogP contribution in [-0.4, -0.2) is 39.0 Å². The molecular weight excluding hydrogens is 230 g/mol. The zero-order chi connectivity index (χ0) is 13.0. The molecule has 0 spiro atoms. The van der Waals surface area contributed by atoms with Crippen molar-refractivity contribution < 1.29 is 14.6 Å². The summed E-state index contributed by atoms with van der Waals surface area (Å²) in [5, 5.41) is 12.8. The molecule has 1 saturated heterocycles. The summed E-state index contributed by atoms with van der Waals surface area (Å²) in [5.41, 5.74) is 1.22. The molecule has 0 aromatic heterocycles. The Morgan fingerprint density at radius 2 is 2.06 bits per heavy atom. The molecule has 0 amide bonds. The van der Waals surface area contributed by atoms with Gasteiger partial charge in [-0.2, -0.15) is 0 Å². The molecular formula is C14H21NO3. The number of hydrogen-bond donors (Lipinski definition) is 2. The van der Waals surface area contributed by atoms with Gasteiger partial charge in [-0.15, -0.1) is 0 Å². The van der Waals surface area contributed by atoms with Gasteiger partial charge in [0.25, 0.3) is 0 Å². The minimum atomic E-state index is 0.214. The second-order valence-electron chi connectivity index (χ2n) is 4.66. The Balaban J connectivity index is 2.26. The predicted octanol–water partition coefficient (Wildman–Crippen LogP) is 1.39. The highest BCUT2D eigenvalue weighted by molar-refractivity contribution is 5.44. The maximum absolute atomic E-state index is 9.45. The Labute approximate surface area is 108 Å². The van der Waals surface area contributed by atoms with E-state index in [0.29, 0.717) is 5.92 Å². The third-order valence-electron chi connectivity index (χ3n) is 3.68. The monoisotopic (exact) mass is 251 g/mol. The first-order chi connectivity index (χ1) is 8.80. The van der Waals surface area contributed by atoms with Gasteiger partial charge in [-0.3, -0.25) is 0 Å². The van der Waals surface area contributed by atoms with Crippen molar-refractivity contribution in [3.8, 4) is 11.5 Å². The Bertz CT molecular complexity index is 395. The van der Waals surface area contributed by atoms with Gasteiger partial charge in [0.2, 0.25) is 0 Å². The first-order valence-corrected chi connectivity index (χ1v) is 6.33. The fraction of sp³-hybridized carbons (Fsp3) is 0.571. The van der Waals surface area contributed by atoms with Crippen LogP contribution in [0.3, 0.4) is 0 Å². The fourth-order valence-corrected chi connectivity index (χ4v) is 2.64. The summed E-state index contributed by atoms with van der Waals surface area (Å²) in [6.07, 6.45) is 1.04. The van der Waals surface area contributed by atoms with Crippen molar-refractivity contribution in [3.63, 3.8) is 0 Å². The average Bonchev–Trinajstić information content (AvgIpc) is 2.46. The van der Waals surface area contributed by atoms with Crippen molar-refractivity contribution in [2.75, 3.05) is 33.9 Å². The number of methoxy groups -OCH3 is 2. The predicted molar refractivity (Wildman–Crippen MR) is 70.3 cm³/mol. The summed E-state index contributed by atoms with van der Waals surface area (Å²) >= 11 is 0. The molecule has 0 radical (unpaired) electrons. The van der Waals surface area contributed by atoms with E-state index in [0.717, 1.165) is 31.0 Å². The maximum Gasteiger partial charge on any atom is 0.160 e. The van der Waals surface area contributed by atoms with Crippen LogP contribution in [-0.2, 0) is 0 Å². The highest BCUT2D eigenvalue weighted by Crippen LogP contribution is 2.35. The number of aliphatic hydroxyl groups excluding tert-OH is 1. The van der Waals surface area contributed by atoms with Crippen LogP contribution in [0, 0.1) is 5.92 Å². The Morgan fingerprint density at radius 1 is 1.28 bits per heavy atom. The van der Waals surface area contributed by atoms with Gasteiger partial charge in [0.05, 0.1) is 14.2 Å². The van der Waals surface area contributed by atoms with Crippen LogP contribution in [0.2, 0.25) is 0 Å². The van der Waals surface area contributed by atoms with E-state index >= 15 is 0 Å². The van der Waals surface area contributed by atoms with E-state index in [1.807, 2.05) is 12.1 Å². The minimum absolute atomic E-state index is 0.214. The van der Waals surface area contributed by atoms with Crippen molar-refractivity contribution >= 4 is 0 Å². The molecule has 1 aliphatic heterocycles. The lowest BCUT2D eigenvalue weighted by Crippen LogP contribution is -2.37. The molecule has 0 bridgehead atoms. The van der Waals surface area contributed by atoms with E-state index in [2.05, 4.69) is 11.4 Å². The van der Waals surface area contributed by atoms with E-state index in [4.69, 9.17) is 9.47 Å².